The maximum absolute atomic E-state index is 10.7. The lowest BCUT2D eigenvalue weighted by Crippen LogP contribution is -2.33. The monoisotopic (exact) mass is 276 g/mol. The Morgan fingerprint density at radius 3 is 2.75 bits per heavy atom. The number of rotatable bonds is 4. The topological polar surface area (TPSA) is 108 Å². The van der Waals surface area contributed by atoms with Crippen LogP contribution in [-0.2, 0) is 5.54 Å². The maximum Gasteiger partial charge on any atom is 0.269 e. The van der Waals surface area contributed by atoms with Crippen molar-refractivity contribution in [2.24, 2.45) is 5.73 Å². The second-order valence-corrected chi connectivity index (χ2v) is 4.95. The molecule has 0 saturated heterocycles. The molecule has 0 radical (unpaired) electrons. The molecule has 0 amide bonds. The first-order chi connectivity index (χ1) is 9.35. The van der Waals surface area contributed by atoms with Gasteiger partial charge < -0.3 is 10.3 Å². The van der Waals surface area contributed by atoms with E-state index >= 15 is 0 Å². The van der Waals surface area contributed by atoms with Crippen molar-refractivity contribution < 1.29 is 9.45 Å². The van der Waals surface area contributed by atoms with Gasteiger partial charge in [0.25, 0.3) is 11.6 Å². The van der Waals surface area contributed by atoms with E-state index in [-0.39, 0.29) is 5.69 Å². The van der Waals surface area contributed by atoms with E-state index in [4.69, 9.17) is 10.3 Å². The Morgan fingerprint density at radius 1 is 1.50 bits per heavy atom. The van der Waals surface area contributed by atoms with E-state index in [1.807, 2.05) is 13.8 Å². The summed E-state index contributed by atoms with van der Waals surface area (Å²) >= 11 is 0. The molecule has 0 spiro atoms. The third-order valence-corrected chi connectivity index (χ3v) is 3.32. The lowest BCUT2D eigenvalue weighted by Gasteiger charge is -2.16. The standard InChI is InChI=1S/C13H16N4O3/c1-4-13(3,14)12-15-11(20-16-12)10-6-5-9(17(18)19)7-8(10)2/h5-7H,4,14H2,1-3H3. The molecule has 1 heterocycles. The molecule has 1 unspecified atom stereocenters. The van der Waals surface area contributed by atoms with Gasteiger partial charge >= 0.3 is 0 Å². The minimum absolute atomic E-state index is 0.0308. The highest BCUT2D eigenvalue weighted by molar-refractivity contribution is 5.61. The molecule has 0 aliphatic rings. The Balaban J connectivity index is 2.40. The molecule has 2 N–H and O–H groups in total. The van der Waals surface area contributed by atoms with Crippen LogP contribution in [0.15, 0.2) is 22.7 Å². The van der Waals surface area contributed by atoms with Gasteiger partial charge in [-0.1, -0.05) is 12.1 Å². The largest absolute Gasteiger partial charge is 0.334 e. The van der Waals surface area contributed by atoms with Crippen molar-refractivity contribution in [3.63, 3.8) is 0 Å². The molecule has 2 aromatic rings. The molecule has 1 atom stereocenters. The van der Waals surface area contributed by atoms with Crippen LogP contribution in [0.3, 0.4) is 0 Å². The molecule has 1 aromatic heterocycles. The third-order valence-electron chi connectivity index (χ3n) is 3.32. The minimum atomic E-state index is -0.656. The van der Waals surface area contributed by atoms with Crippen molar-refractivity contribution in [1.29, 1.82) is 0 Å². The summed E-state index contributed by atoms with van der Waals surface area (Å²) in [5, 5.41) is 14.6. The zero-order chi connectivity index (χ0) is 14.9. The Hall–Kier alpha value is -2.28. The Morgan fingerprint density at radius 2 is 2.20 bits per heavy atom. The fourth-order valence-corrected chi connectivity index (χ4v) is 1.72. The van der Waals surface area contributed by atoms with E-state index in [9.17, 15) is 10.1 Å². The molecule has 0 bridgehead atoms. The van der Waals surface area contributed by atoms with Crippen molar-refractivity contribution in [2.45, 2.75) is 32.7 Å². The average molecular weight is 276 g/mol. The maximum atomic E-state index is 10.7. The van der Waals surface area contributed by atoms with E-state index in [2.05, 4.69) is 10.1 Å². The number of nitro groups is 1. The molecule has 106 valence electrons. The summed E-state index contributed by atoms with van der Waals surface area (Å²) in [4.78, 5) is 14.6. The SMILES string of the molecule is CCC(C)(N)c1noc(-c2ccc([N+](=O)[O-])cc2C)n1. The van der Waals surface area contributed by atoms with Crippen LogP contribution in [0.2, 0.25) is 0 Å². The molecule has 0 saturated carbocycles. The third kappa shape index (κ3) is 2.53. The van der Waals surface area contributed by atoms with Crippen LogP contribution in [0, 0.1) is 17.0 Å². The minimum Gasteiger partial charge on any atom is -0.334 e. The number of aromatic nitrogens is 2. The van der Waals surface area contributed by atoms with Gasteiger partial charge in [-0.3, -0.25) is 10.1 Å². The van der Waals surface area contributed by atoms with E-state index in [0.29, 0.717) is 29.3 Å². The van der Waals surface area contributed by atoms with Crippen molar-refractivity contribution in [2.75, 3.05) is 0 Å². The summed E-state index contributed by atoms with van der Waals surface area (Å²) in [5.41, 5.74) is 6.80. The molecule has 7 heteroatoms. The number of aryl methyl sites for hydroxylation is 1. The summed E-state index contributed by atoms with van der Waals surface area (Å²) in [6, 6.07) is 4.49. The van der Waals surface area contributed by atoms with Crippen molar-refractivity contribution >= 4 is 5.69 Å². The van der Waals surface area contributed by atoms with Crippen LogP contribution in [0.4, 0.5) is 5.69 Å². The molecule has 0 aliphatic carbocycles. The van der Waals surface area contributed by atoms with Gasteiger partial charge in [0.1, 0.15) is 0 Å². The number of benzene rings is 1. The molecule has 0 fully saturated rings. The van der Waals surface area contributed by atoms with Gasteiger partial charge in [-0.15, -0.1) is 0 Å². The summed E-state index contributed by atoms with van der Waals surface area (Å²) in [6.45, 7) is 5.52. The van der Waals surface area contributed by atoms with Crippen molar-refractivity contribution in [3.8, 4) is 11.5 Å². The number of non-ortho nitro benzene ring substituents is 1. The highest BCUT2D eigenvalue weighted by Gasteiger charge is 2.26. The summed E-state index contributed by atoms with van der Waals surface area (Å²) in [5.74, 6) is 0.741. The zero-order valence-electron chi connectivity index (χ0n) is 11.6. The summed E-state index contributed by atoms with van der Waals surface area (Å²) in [7, 11) is 0. The van der Waals surface area contributed by atoms with Crippen LogP contribution < -0.4 is 5.73 Å². The lowest BCUT2D eigenvalue weighted by atomic mass is 10.00. The smallest absolute Gasteiger partial charge is 0.269 e. The molecule has 0 aliphatic heterocycles. The molecular weight excluding hydrogens is 260 g/mol. The number of nitrogens with two attached hydrogens (primary N) is 1. The lowest BCUT2D eigenvalue weighted by molar-refractivity contribution is -0.384. The van der Waals surface area contributed by atoms with Gasteiger partial charge in [-0.2, -0.15) is 4.98 Å². The van der Waals surface area contributed by atoms with Gasteiger partial charge in [-0.25, -0.2) is 0 Å². The van der Waals surface area contributed by atoms with E-state index in [0.717, 1.165) is 0 Å². The summed E-state index contributed by atoms with van der Waals surface area (Å²) < 4.78 is 5.21. The molecule has 2 rings (SSSR count). The fraction of sp³-hybridized carbons (Fsp3) is 0.385. The van der Waals surface area contributed by atoms with Crippen molar-refractivity contribution in [3.05, 3.63) is 39.7 Å². The molecule has 7 nitrogen and oxygen atoms in total. The molecule has 1 aromatic carbocycles. The van der Waals surface area contributed by atoms with Crippen molar-refractivity contribution in [1.82, 2.24) is 10.1 Å². The van der Waals surface area contributed by atoms with Gasteiger partial charge in [-0.05, 0) is 31.9 Å². The Labute approximate surface area is 115 Å². The van der Waals surface area contributed by atoms with E-state index < -0.39 is 10.5 Å². The van der Waals surface area contributed by atoms with Crippen LogP contribution in [0.5, 0.6) is 0 Å². The Bertz CT molecular complexity index is 649. The molecule has 20 heavy (non-hydrogen) atoms. The second kappa shape index (κ2) is 5.01. The number of nitro benzene ring substituents is 1. The van der Waals surface area contributed by atoms with Crippen LogP contribution in [0.25, 0.3) is 11.5 Å². The van der Waals surface area contributed by atoms with Crippen LogP contribution in [-0.4, -0.2) is 15.1 Å². The first-order valence-corrected chi connectivity index (χ1v) is 6.23. The van der Waals surface area contributed by atoms with Gasteiger partial charge in [0.15, 0.2) is 5.82 Å². The van der Waals surface area contributed by atoms with E-state index in [1.54, 1.807) is 13.0 Å². The summed E-state index contributed by atoms with van der Waals surface area (Å²) in [6.07, 6.45) is 0.672. The van der Waals surface area contributed by atoms with Gasteiger partial charge in [0.2, 0.25) is 0 Å². The Kier molecular flexibility index (Phi) is 3.54. The first kappa shape index (κ1) is 14.1. The predicted molar refractivity (Wildman–Crippen MR) is 73.0 cm³/mol. The van der Waals surface area contributed by atoms with E-state index in [1.165, 1.54) is 12.1 Å². The highest BCUT2D eigenvalue weighted by atomic mass is 16.6. The quantitative estimate of drug-likeness (QED) is 0.679. The second-order valence-electron chi connectivity index (χ2n) is 4.95. The highest BCUT2D eigenvalue weighted by Crippen LogP contribution is 2.27. The first-order valence-electron chi connectivity index (χ1n) is 6.23. The number of hydrogen-bond donors (Lipinski definition) is 1. The zero-order valence-corrected chi connectivity index (χ0v) is 11.6. The molecular formula is C13H16N4O3. The normalized spacial score (nSPS) is 14.0. The fourth-order valence-electron chi connectivity index (χ4n) is 1.72. The number of hydrogen-bond acceptors (Lipinski definition) is 6. The van der Waals surface area contributed by atoms with Crippen LogP contribution in [0.1, 0.15) is 31.7 Å². The average Bonchev–Trinajstić information content (AvgIpc) is 2.88. The van der Waals surface area contributed by atoms with Gasteiger partial charge in [0, 0.05) is 17.7 Å². The number of nitrogens with zero attached hydrogens (tertiary/aromatic N) is 3. The van der Waals surface area contributed by atoms with Gasteiger partial charge in [0.05, 0.1) is 10.5 Å². The predicted octanol–water partition coefficient (Wildman–Crippen LogP) is 2.54. The van der Waals surface area contributed by atoms with Crippen LogP contribution >= 0.6 is 0 Å².